The lowest BCUT2D eigenvalue weighted by atomic mass is 10.2. The summed E-state index contributed by atoms with van der Waals surface area (Å²) in [5, 5.41) is 4.89. The van der Waals surface area contributed by atoms with Crippen molar-refractivity contribution in [3.05, 3.63) is 52.7 Å². The van der Waals surface area contributed by atoms with Crippen LogP contribution >= 0.6 is 11.3 Å². The fraction of sp³-hybridized carbons (Fsp3) is 0.429. The van der Waals surface area contributed by atoms with Crippen molar-refractivity contribution >= 4 is 28.8 Å². The normalized spacial score (nSPS) is 14.7. The summed E-state index contributed by atoms with van der Waals surface area (Å²) in [5.41, 5.74) is 1.24. The van der Waals surface area contributed by atoms with Crippen LogP contribution in [0.2, 0.25) is 0 Å². The van der Waals surface area contributed by atoms with E-state index >= 15 is 0 Å². The first kappa shape index (κ1) is 20.4. The molecule has 0 radical (unpaired) electrons. The molecule has 2 amide bonds. The van der Waals surface area contributed by atoms with E-state index in [1.54, 1.807) is 16.2 Å². The van der Waals surface area contributed by atoms with Crippen molar-refractivity contribution in [3.8, 4) is 0 Å². The molecule has 2 aromatic rings. The Hall–Kier alpha value is -2.38. The molecule has 7 heteroatoms. The second-order valence-corrected chi connectivity index (χ2v) is 8.05. The fourth-order valence-electron chi connectivity index (χ4n) is 3.43. The molecule has 1 aromatic carbocycles. The van der Waals surface area contributed by atoms with Gasteiger partial charge in [-0.2, -0.15) is 0 Å². The number of piperazine rings is 1. The van der Waals surface area contributed by atoms with Crippen LogP contribution in [0.1, 0.15) is 11.8 Å². The van der Waals surface area contributed by atoms with Crippen LogP contribution in [0, 0.1) is 0 Å². The number of thiophene rings is 1. The van der Waals surface area contributed by atoms with Crippen LogP contribution in [0.4, 0.5) is 5.69 Å². The van der Waals surface area contributed by atoms with Crippen LogP contribution in [0.15, 0.2) is 47.8 Å². The van der Waals surface area contributed by atoms with Crippen molar-refractivity contribution in [1.82, 2.24) is 10.2 Å². The third-order valence-electron chi connectivity index (χ3n) is 5.10. The van der Waals surface area contributed by atoms with Crippen molar-refractivity contribution in [2.75, 3.05) is 50.7 Å². The minimum absolute atomic E-state index is 0.0527. The van der Waals surface area contributed by atoms with Crippen LogP contribution in [-0.4, -0.2) is 62.5 Å². The number of likely N-dealkylation sites (N-methyl/N-ethyl adjacent to an activating group) is 1. The SMILES string of the molecule is CCN(CC(=O)NCc1cccs1)C(=O)C[NH+]1CCN(c2ccccc2)CC1. The second-order valence-electron chi connectivity index (χ2n) is 7.01. The fourth-order valence-corrected chi connectivity index (χ4v) is 4.07. The summed E-state index contributed by atoms with van der Waals surface area (Å²) in [7, 11) is 0. The Bertz CT molecular complexity index is 743. The number of benzene rings is 1. The van der Waals surface area contributed by atoms with Gasteiger partial charge in [-0.1, -0.05) is 24.3 Å². The highest BCUT2D eigenvalue weighted by molar-refractivity contribution is 7.09. The number of hydrogen-bond acceptors (Lipinski definition) is 4. The zero-order valence-electron chi connectivity index (χ0n) is 16.4. The van der Waals surface area contributed by atoms with Gasteiger partial charge in [0.1, 0.15) is 0 Å². The van der Waals surface area contributed by atoms with E-state index in [0.717, 1.165) is 31.1 Å². The van der Waals surface area contributed by atoms with Crippen molar-refractivity contribution in [2.24, 2.45) is 0 Å². The van der Waals surface area contributed by atoms with Crippen LogP contribution in [0.5, 0.6) is 0 Å². The number of quaternary nitrogens is 1. The number of para-hydroxylation sites is 1. The van der Waals surface area contributed by atoms with Gasteiger partial charge in [0.05, 0.1) is 39.3 Å². The zero-order valence-corrected chi connectivity index (χ0v) is 17.2. The van der Waals surface area contributed by atoms with E-state index in [0.29, 0.717) is 19.6 Å². The number of nitrogens with one attached hydrogen (secondary N) is 2. The lowest BCUT2D eigenvalue weighted by Gasteiger charge is -2.34. The van der Waals surface area contributed by atoms with Crippen molar-refractivity contribution in [1.29, 1.82) is 0 Å². The van der Waals surface area contributed by atoms with Crippen LogP contribution < -0.4 is 15.1 Å². The molecule has 28 heavy (non-hydrogen) atoms. The standard InChI is InChI=1S/C21H28N4O2S/c1-2-24(16-20(26)22-15-19-9-6-14-28-19)21(27)17-23-10-12-25(13-11-23)18-7-4-3-5-8-18/h3-9,14H,2,10-13,15-17H2,1H3,(H,22,26)/p+1. The third-order valence-corrected chi connectivity index (χ3v) is 5.98. The average molecular weight is 402 g/mol. The third kappa shape index (κ3) is 5.81. The molecule has 1 saturated heterocycles. The van der Waals surface area contributed by atoms with Gasteiger partial charge in [-0.15, -0.1) is 11.3 Å². The molecule has 0 bridgehead atoms. The van der Waals surface area contributed by atoms with E-state index in [1.807, 2.05) is 30.5 Å². The first-order valence-corrected chi connectivity index (χ1v) is 10.7. The van der Waals surface area contributed by atoms with E-state index in [-0.39, 0.29) is 18.4 Å². The molecule has 6 nitrogen and oxygen atoms in total. The molecule has 0 aliphatic carbocycles. The highest BCUT2D eigenvalue weighted by Gasteiger charge is 2.25. The number of carbonyl (C=O) groups is 2. The molecular formula is C21H29N4O2S+. The molecule has 2 heterocycles. The van der Waals surface area contributed by atoms with Gasteiger partial charge in [0, 0.05) is 17.1 Å². The van der Waals surface area contributed by atoms with Gasteiger partial charge in [-0.05, 0) is 30.5 Å². The molecule has 1 fully saturated rings. The van der Waals surface area contributed by atoms with Gasteiger partial charge in [0.25, 0.3) is 5.91 Å². The predicted octanol–water partition coefficient (Wildman–Crippen LogP) is 0.618. The topological polar surface area (TPSA) is 57.1 Å². The summed E-state index contributed by atoms with van der Waals surface area (Å²) >= 11 is 1.62. The molecule has 150 valence electrons. The molecule has 1 aromatic heterocycles. The second kappa shape index (κ2) is 10.2. The predicted molar refractivity (Wildman–Crippen MR) is 113 cm³/mol. The van der Waals surface area contributed by atoms with Crippen molar-refractivity contribution in [3.63, 3.8) is 0 Å². The number of nitrogens with zero attached hydrogens (tertiary/aromatic N) is 2. The summed E-state index contributed by atoms with van der Waals surface area (Å²) in [6, 6.07) is 14.4. The first-order valence-electron chi connectivity index (χ1n) is 9.86. The summed E-state index contributed by atoms with van der Waals surface area (Å²) in [5.74, 6) is -0.0515. The van der Waals surface area contributed by atoms with E-state index in [1.165, 1.54) is 10.6 Å². The summed E-state index contributed by atoms with van der Waals surface area (Å²) < 4.78 is 0. The summed E-state index contributed by atoms with van der Waals surface area (Å²) in [4.78, 5) is 31.3. The van der Waals surface area contributed by atoms with Gasteiger partial charge >= 0.3 is 0 Å². The van der Waals surface area contributed by atoms with Crippen LogP contribution in [0.25, 0.3) is 0 Å². The molecule has 0 spiro atoms. The highest BCUT2D eigenvalue weighted by atomic mass is 32.1. The quantitative estimate of drug-likeness (QED) is 0.682. The average Bonchev–Trinajstić information content (AvgIpc) is 3.25. The number of hydrogen-bond donors (Lipinski definition) is 2. The molecule has 3 rings (SSSR count). The monoisotopic (exact) mass is 401 g/mol. The maximum absolute atomic E-state index is 12.7. The van der Waals surface area contributed by atoms with Gasteiger partial charge in [-0.3, -0.25) is 9.59 Å². The molecule has 0 atom stereocenters. The van der Waals surface area contributed by atoms with E-state index in [9.17, 15) is 9.59 Å². The Morgan fingerprint density at radius 3 is 2.54 bits per heavy atom. The molecule has 0 saturated carbocycles. The first-order chi connectivity index (χ1) is 13.7. The zero-order chi connectivity index (χ0) is 19.8. The molecule has 1 aliphatic heterocycles. The minimum Gasteiger partial charge on any atom is -0.360 e. The van der Waals surface area contributed by atoms with E-state index < -0.39 is 0 Å². The summed E-state index contributed by atoms with van der Waals surface area (Å²) in [6.45, 7) is 7.33. The van der Waals surface area contributed by atoms with Crippen molar-refractivity contribution < 1.29 is 14.5 Å². The smallest absolute Gasteiger partial charge is 0.278 e. The minimum atomic E-state index is -0.104. The van der Waals surface area contributed by atoms with E-state index in [4.69, 9.17) is 0 Å². The van der Waals surface area contributed by atoms with E-state index in [2.05, 4.69) is 34.5 Å². The van der Waals surface area contributed by atoms with Gasteiger partial charge in [-0.25, -0.2) is 0 Å². The Labute approximate surface area is 170 Å². The number of rotatable bonds is 8. The number of carbonyl (C=O) groups excluding carboxylic acids is 2. The van der Waals surface area contributed by atoms with Crippen molar-refractivity contribution in [2.45, 2.75) is 13.5 Å². The largest absolute Gasteiger partial charge is 0.360 e. The molecule has 1 aliphatic rings. The lowest BCUT2D eigenvalue weighted by Crippen LogP contribution is -3.16. The maximum atomic E-state index is 12.7. The number of anilines is 1. The van der Waals surface area contributed by atoms with Gasteiger partial charge in [0.15, 0.2) is 6.54 Å². The summed E-state index contributed by atoms with van der Waals surface area (Å²) in [6.07, 6.45) is 0. The highest BCUT2D eigenvalue weighted by Crippen LogP contribution is 2.12. The van der Waals surface area contributed by atoms with Crippen LogP contribution in [-0.2, 0) is 16.1 Å². The van der Waals surface area contributed by atoms with Gasteiger partial charge < -0.3 is 20.0 Å². The van der Waals surface area contributed by atoms with Gasteiger partial charge in [0.2, 0.25) is 5.91 Å². The lowest BCUT2D eigenvalue weighted by molar-refractivity contribution is -0.892. The molecule has 2 N–H and O–H groups in total. The Kier molecular flexibility index (Phi) is 7.45. The Morgan fingerprint density at radius 1 is 1.14 bits per heavy atom. The Morgan fingerprint density at radius 2 is 1.89 bits per heavy atom. The van der Waals surface area contributed by atoms with Crippen LogP contribution in [0.3, 0.4) is 0 Å². The number of amides is 2. The maximum Gasteiger partial charge on any atom is 0.278 e. The molecular weight excluding hydrogens is 372 g/mol. The Balaban J connectivity index is 1.42. The molecule has 0 unspecified atom stereocenters.